The predicted octanol–water partition coefficient (Wildman–Crippen LogP) is 1.57. The largest absolute Gasteiger partial charge is 0.507 e. The number of carbonyl (C=O) groups excluding carboxylic acids is 1. The molecule has 1 aromatic carbocycles. The van der Waals surface area contributed by atoms with E-state index in [1.807, 2.05) is 6.92 Å². The maximum absolute atomic E-state index is 12.1. The molecule has 1 atom stereocenters. The molecule has 1 heterocycles. The molecule has 0 bridgehead atoms. The summed E-state index contributed by atoms with van der Waals surface area (Å²) < 4.78 is 0. The van der Waals surface area contributed by atoms with Gasteiger partial charge >= 0.3 is 0 Å². The van der Waals surface area contributed by atoms with Crippen molar-refractivity contribution in [3.8, 4) is 5.75 Å². The van der Waals surface area contributed by atoms with Crippen LogP contribution in [0.15, 0.2) is 18.2 Å². The van der Waals surface area contributed by atoms with Gasteiger partial charge in [0.1, 0.15) is 5.75 Å². The number of hydrogen-bond donors (Lipinski definition) is 3. The molecule has 1 saturated heterocycles. The van der Waals surface area contributed by atoms with Crippen molar-refractivity contribution in [2.75, 3.05) is 13.1 Å². The second-order valence-corrected chi connectivity index (χ2v) is 4.87. The summed E-state index contributed by atoms with van der Waals surface area (Å²) in [5.74, 6) is -0.132. The molecular formula is C14H20N2O2. The van der Waals surface area contributed by atoms with E-state index in [0.717, 1.165) is 37.9 Å². The highest BCUT2D eigenvalue weighted by Crippen LogP contribution is 2.18. The van der Waals surface area contributed by atoms with E-state index >= 15 is 0 Å². The zero-order valence-electron chi connectivity index (χ0n) is 10.7. The van der Waals surface area contributed by atoms with Crippen molar-refractivity contribution in [3.63, 3.8) is 0 Å². The molecule has 1 aliphatic heterocycles. The Kier molecular flexibility index (Phi) is 4.20. The molecule has 4 heteroatoms. The number of carbonyl (C=O) groups is 1. The van der Waals surface area contributed by atoms with Crippen molar-refractivity contribution in [2.24, 2.45) is 0 Å². The normalized spacial score (nSPS) is 20.2. The quantitative estimate of drug-likeness (QED) is 0.744. The SMILES string of the molecule is Cc1ccc(O)c(C(=O)NC2CCCNCC2)c1. The van der Waals surface area contributed by atoms with Gasteiger partial charge in [0.15, 0.2) is 0 Å². The van der Waals surface area contributed by atoms with Gasteiger partial charge in [-0.1, -0.05) is 11.6 Å². The molecule has 2 rings (SSSR count). The monoisotopic (exact) mass is 248 g/mol. The van der Waals surface area contributed by atoms with Crippen molar-refractivity contribution in [2.45, 2.75) is 32.2 Å². The van der Waals surface area contributed by atoms with Gasteiger partial charge in [-0.25, -0.2) is 0 Å². The minimum atomic E-state index is -0.178. The second kappa shape index (κ2) is 5.87. The van der Waals surface area contributed by atoms with Gasteiger partial charge in [-0.2, -0.15) is 0 Å². The van der Waals surface area contributed by atoms with Gasteiger partial charge in [-0.05, 0) is 51.4 Å². The number of hydrogen-bond acceptors (Lipinski definition) is 3. The van der Waals surface area contributed by atoms with Crippen molar-refractivity contribution < 1.29 is 9.90 Å². The molecule has 0 aliphatic carbocycles. The fraction of sp³-hybridized carbons (Fsp3) is 0.500. The lowest BCUT2D eigenvalue weighted by Crippen LogP contribution is -2.35. The Bertz CT molecular complexity index is 424. The van der Waals surface area contributed by atoms with Gasteiger partial charge in [0.25, 0.3) is 5.91 Å². The van der Waals surface area contributed by atoms with Crippen molar-refractivity contribution in [1.29, 1.82) is 0 Å². The minimum Gasteiger partial charge on any atom is -0.507 e. The summed E-state index contributed by atoms with van der Waals surface area (Å²) in [5, 5.41) is 16.0. The van der Waals surface area contributed by atoms with E-state index in [9.17, 15) is 9.90 Å². The minimum absolute atomic E-state index is 0.0462. The Morgan fingerprint density at radius 2 is 2.22 bits per heavy atom. The number of aryl methyl sites for hydroxylation is 1. The Balaban J connectivity index is 2.04. The summed E-state index contributed by atoms with van der Waals surface area (Å²) in [4.78, 5) is 12.1. The molecule has 4 nitrogen and oxygen atoms in total. The van der Waals surface area contributed by atoms with E-state index in [1.54, 1.807) is 18.2 Å². The zero-order valence-corrected chi connectivity index (χ0v) is 10.7. The summed E-state index contributed by atoms with van der Waals surface area (Å²) in [5.41, 5.74) is 1.34. The van der Waals surface area contributed by atoms with Gasteiger partial charge in [0.2, 0.25) is 0 Å². The van der Waals surface area contributed by atoms with Crippen LogP contribution in [-0.4, -0.2) is 30.1 Å². The molecule has 0 spiro atoms. The molecule has 0 aromatic heterocycles. The number of amides is 1. The van der Waals surface area contributed by atoms with E-state index in [-0.39, 0.29) is 17.7 Å². The fourth-order valence-electron chi connectivity index (χ4n) is 2.26. The second-order valence-electron chi connectivity index (χ2n) is 4.87. The Morgan fingerprint density at radius 3 is 3.06 bits per heavy atom. The lowest BCUT2D eigenvalue weighted by atomic mass is 10.1. The number of benzene rings is 1. The first kappa shape index (κ1) is 12.9. The highest BCUT2D eigenvalue weighted by molar-refractivity contribution is 5.97. The third-order valence-electron chi connectivity index (χ3n) is 3.31. The van der Waals surface area contributed by atoms with E-state index in [1.165, 1.54) is 0 Å². The van der Waals surface area contributed by atoms with Gasteiger partial charge in [0.05, 0.1) is 5.56 Å². The average Bonchev–Trinajstić information content (AvgIpc) is 2.61. The van der Waals surface area contributed by atoms with Crippen LogP contribution >= 0.6 is 0 Å². The summed E-state index contributed by atoms with van der Waals surface area (Å²) in [6, 6.07) is 5.28. The van der Waals surface area contributed by atoms with Gasteiger partial charge < -0.3 is 15.7 Å². The average molecular weight is 248 g/mol. The molecule has 1 aromatic rings. The van der Waals surface area contributed by atoms with E-state index < -0.39 is 0 Å². The number of nitrogens with one attached hydrogen (secondary N) is 2. The molecule has 0 radical (unpaired) electrons. The van der Waals surface area contributed by atoms with Gasteiger partial charge in [-0.3, -0.25) is 4.79 Å². The summed E-state index contributed by atoms with van der Waals surface area (Å²) in [6.45, 7) is 3.86. The van der Waals surface area contributed by atoms with Crippen LogP contribution in [-0.2, 0) is 0 Å². The topological polar surface area (TPSA) is 61.4 Å². The maximum Gasteiger partial charge on any atom is 0.255 e. The Labute approximate surface area is 107 Å². The Morgan fingerprint density at radius 1 is 1.39 bits per heavy atom. The summed E-state index contributed by atoms with van der Waals surface area (Å²) >= 11 is 0. The number of phenols is 1. The smallest absolute Gasteiger partial charge is 0.255 e. The zero-order chi connectivity index (χ0) is 13.0. The van der Waals surface area contributed by atoms with Gasteiger partial charge in [-0.15, -0.1) is 0 Å². The number of phenolic OH excluding ortho intramolecular Hbond substituents is 1. The van der Waals surface area contributed by atoms with E-state index in [4.69, 9.17) is 0 Å². The van der Waals surface area contributed by atoms with Crippen LogP contribution in [0.2, 0.25) is 0 Å². The summed E-state index contributed by atoms with van der Waals surface area (Å²) in [6.07, 6.45) is 3.01. The lowest BCUT2D eigenvalue weighted by Gasteiger charge is -2.16. The highest BCUT2D eigenvalue weighted by atomic mass is 16.3. The van der Waals surface area contributed by atoms with E-state index in [0.29, 0.717) is 5.56 Å². The van der Waals surface area contributed by atoms with Crippen LogP contribution < -0.4 is 10.6 Å². The van der Waals surface area contributed by atoms with Crippen LogP contribution in [0.1, 0.15) is 35.2 Å². The predicted molar refractivity (Wildman–Crippen MR) is 70.8 cm³/mol. The first-order chi connectivity index (χ1) is 8.66. The standard InChI is InChI=1S/C14H20N2O2/c1-10-4-5-13(17)12(9-10)14(18)16-11-3-2-7-15-8-6-11/h4-5,9,11,15,17H,2-3,6-8H2,1H3,(H,16,18). The fourth-order valence-corrected chi connectivity index (χ4v) is 2.26. The molecule has 98 valence electrons. The summed E-state index contributed by atoms with van der Waals surface area (Å²) in [7, 11) is 0. The first-order valence-electron chi connectivity index (χ1n) is 6.48. The molecule has 1 aliphatic rings. The van der Waals surface area contributed by atoms with Crippen LogP contribution in [0.5, 0.6) is 5.75 Å². The third kappa shape index (κ3) is 3.23. The maximum atomic E-state index is 12.1. The molecular weight excluding hydrogens is 228 g/mol. The molecule has 3 N–H and O–H groups in total. The first-order valence-corrected chi connectivity index (χ1v) is 6.48. The molecule has 1 unspecified atom stereocenters. The number of aromatic hydroxyl groups is 1. The van der Waals surface area contributed by atoms with Crippen LogP contribution in [0.4, 0.5) is 0 Å². The highest BCUT2D eigenvalue weighted by Gasteiger charge is 2.17. The van der Waals surface area contributed by atoms with Crippen molar-refractivity contribution in [3.05, 3.63) is 29.3 Å². The number of rotatable bonds is 2. The van der Waals surface area contributed by atoms with E-state index in [2.05, 4.69) is 10.6 Å². The van der Waals surface area contributed by atoms with Crippen LogP contribution in [0.3, 0.4) is 0 Å². The van der Waals surface area contributed by atoms with Gasteiger partial charge in [0, 0.05) is 6.04 Å². The lowest BCUT2D eigenvalue weighted by molar-refractivity contribution is 0.0931. The third-order valence-corrected chi connectivity index (χ3v) is 3.31. The molecule has 1 amide bonds. The van der Waals surface area contributed by atoms with Crippen LogP contribution in [0.25, 0.3) is 0 Å². The molecule has 0 saturated carbocycles. The van der Waals surface area contributed by atoms with Crippen LogP contribution in [0, 0.1) is 6.92 Å². The molecule has 1 fully saturated rings. The van der Waals surface area contributed by atoms with Crippen molar-refractivity contribution >= 4 is 5.91 Å². The molecule has 18 heavy (non-hydrogen) atoms. The Hall–Kier alpha value is -1.55. The van der Waals surface area contributed by atoms with Crippen molar-refractivity contribution in [1.82, 2.24) is 10.6 Å².